The predicted octanol–water partition coefficient (Wildman–Crippen LogP) is 2.59. The van der Waals surface area contributed by atoms with Crippen LogP contribution in [0, 0.1) is 0 Å². The largest absolute Gasteiger partial charge is 0.494 e. The van der Waals surface area contributed by atoms with Crippen LogP contribution in [0.15, 0.2) is 18.7 Å². The van der Waals surface area contributed by atoms with Gasteiger partial charge >= 0.3 is 0 Å². The zero-order valence-corrected chi connectivity index (χ0v) is 15.5. The molecule has 0 saturated carbocycles. The maximum atomic E-state index is 12.9. The molecule has 26 heavy (non-hydrogen) atoms. The second-order valence-electron chi connectivity index (χ2n) is 5.86. The maximum absolute atomic E-state index is 12.9. The van der Waals surface area contributed by atoms with Gasteiger partial charge in [0.05, 0.1) is 36.9 Å². The van der Waals surface area contributed by atoms with E-state index in [0.29, 0.717) is 29.4 Å². The number of carbonyl (C=O) groups excluding carboxylic acids is 1. The van der Waals surface area contributed by atoms with E-state index >= 15 is 0 Å². The summed E-state index contributed by atoms with van der Waals surface area (Å²) in [4.78, 5) is 31.4. The molecular weight excluding hydrogens is 379 g/mol. The molecule has 1 aliphatic rings. The van der Waals surface area contributed by atoms with Gasteiger partial charge in [0, 0.05) is 13.0 Å². The monoisotopic (exact) mass is 392 g/mol. The van der Waals surface area contributed by atoms with Gasteiger partial charge in [-0.1, -0.05) is 23.2 Å². The number of hydrogen-bond donors (Lipinski definition) is 0. The summed E-state index contributed by atoms with van der Waals surface area (Å²) in [5.41, 5.74) is 2.28. The van der Waals surface area contributed by atoms with Crippen molar-refractivity contribution in [2.75, 3.05) is 13.7 Å². The third-order valence-corrected chi connectivity index (χ3v) is 5.19. The van der Waals surface area contributed by atoms with E-state index < -0.39 is 0 Å². The Morgan fingerprint density at radius 3 is 2.69 bits per heavy atom. The highest BCUT2D eigenvalue weighted by Crippen LogP contribution is 2.34. The van der Waals surface area contributed by atoms with Gasteiger partial charge in [0.1, 0.15) is 11.3 Å². The van der Waals surface area contributed by atoms with E-state index in [1.165, 1.54) is 19.5 Å². The van der Waals surface area contributed by atoms with E-state index in [-0.39, 0.29) is 22.9 Å². The van der Waals surface area contributed by atoms with Crippen LogP contribution in [0.2, 0.25) is 10.2 Å². The normalized spacial score (nSPS) is 16.6. The molecule has 0 aromatic carbocycles. The molecular formula is C16H14Cl2N6O2. The molecule has 1 amide bonds. The van der Waals surface area contributed by atoms with Crippen molar-refractivity contribution in [1.29, 1.82) is 0 Å². The second kappa shape index (κ2) is 6.37. The zero-order chi connectivity index (χ0) is 18.4. The van der Waals surface area contributed by atoms with E-state index in [9.17, 15) is 4.79 Å². The smallest absolute Gasteiger partial charge is 0.292 e. The molecule has 3 aromatic rings. The first kappa shape index (κ1) is 17.0. The van der Waals surface area contributed by atoms with Gasteiger partial charge in [-0.2, -0.15) is 0 Å². The molecule has 0 aliphatic carbocycles. The average molecular weight is 393 g/mol. The fourth-order valence-corrected chi connectivity index (χ4v) is 3.46. The van der Waals surface area contributed by atoms with Crippen molar-refractivity contribution in [2.45, 2.75) is 19.4 Å². The number of carbonyl (C=O) groups is 1. The van der Waals surface area contributed by atoms with Crippen molar-refractivity contribution < 1.29 is 9.53 Å². The molecule has 4 heterocycles. The van der Waals surface area contributed by atoms with E-state index in [0.717, 1.165) is 11.4 Å². The van der Waals surface area contributed by atoms with Gasteiger partial charge in [0.2, 0.25) is 5.82 Å². The number of aromatic nitrogens is 5. The number of ether oxygens (including phenoxy) is 1. The molecule has 134 valence electrons. The van der Waals surface area contributed by atoms with Crippen molar-refractivity contribution in [3.8, 4) is 5.75 Å². The summed E-state index contributed by atoms with van der Waals surface area (Å²) in [7, 11) is 1.52. The summed E-state index contributed by atoms with van der Waals surface area (Å²) in [6.07, 6.45) is 5.11. The minimum absolute atomic E-state index is 0.120. The molecule has 1 atom stereocenters. The molecule has 0 spiro atoms. The Balaban J connectivity index is 1.72. The first-order valence-corrected chi connectivity index (χ1v) is 8.64. The van der Waals surface area contributed by atoms with Gasteiger partial charge < -0.3 is 9.64 Å². The van der Waals surface area contributed by atoms with Crippen LogP contribution in [-0.2, 0) is 6.42 Å². The Morgan fingerprint density at radius 1 is 1.27 bits per heavy atom. The molecule has 3 aromatic heterocycles. The average Bonchev–Trinajstić information content (AvgIpc) is 3.05. The van der Waals surface area contributed by atoms with E-state index in [4.69, 9.17) is 27.9 Å². The van der Waals surface area contributed by atoms with Gasteiger partial charge in [0.15, 0.2) is 16.5 Å². The molecule has 8 nitrogen and oxygen atoms in total. The van der Waals surface area contributed by atoms with Crippen LogP contribution in [0.4, 0.5) is 0 Å². The Hall–Kier alpha value is -2.45. The molecule has 0 fully saturated rings. The summed E-state index contributed by atoms with van der Waals surface area (Å²) in [5.74, 6) is 0.359. The summed E-state index contributed by atoms with van der Waals surface area (Å²) in [6, 6.07) is -0.244. The van der Waals surface area contributed by atoms with E-state index in [1.807, 2.05) is 6.92 Å². The van der Waals surface area contributed by atoms with Crippen LogP contribution >= 0.6 is 23.2 Å². The quantitative estimate of drug-likeness (QED) is 0.623. The van der Waals surface area contributed by atoms with Crippen molar-refractivity contribution in [2.24, 2.45) is 0 Å². The maximum Gasteiger partial charge on any atom is 0.292 e. The lowest BCUT2D eigenvalue weighted by atomic mass is 10.0. The standard InChI is InChI=1S/C16H14Cl2N6O2/c1-8-12-10(22-15-11(17)13(18)21-7-24(12)15)3-4-23(8)16(25)14-19-5-9(26-2)6-20-14/h5-8H,3-4H2,1-2H3. The third-order valence-electron chi connectivity index (χ3n) is 4.46. The predicted molar refractivity (Wildman–Crippen MR) is 94.7 cm³/mol. The Bertz CT molecular complexity index is 1000. The van der Waals surface area contributed by atoms with Crippen LogP contribution in [0.3, 0.4) is 0 Å². The number of methoxy groups -OCH3 is 1. The Labute approximate surface area is 158 Å². The molecule has 1 aliphatic heterocycles. The number of nitrogens with zero attached hydrogens (tertiary/aromatic N) is 6. The number of hydrogen-bond acceptors (Lipinski definition) is 6. The van der Waals surface area contributed by atoms with E-state index in [2.05, 4.69) is 19.9 Å². The summed E-state index contributed by atoms with van der Waals surface area (Å²) in [6.45, 7) is 2.43. The number of rotatable bonds is 2. The van der Waals surface area contributed by atoms with Crippen molar-refractivity contribution in [3.63, 3.8) is 0 Å². The van der Waals surface area contributed by atoms with E-state index in [1.54, 1.807) is 15.6 Å². The molecule has 10 heteroatoms. The Kier molecular flexibility index (Phi) is 4.16. The number of imidazole rings is 1. The highest BCUT2D eigenvalue weighted by atomic mass is 35.5. The lowest BCUT2D eigenvalue weighted by Crippen LogP contribution is -2.40. The fraction of sp³-hybridized carbons (Fsp3) is 0.312. The fourth-order valence-electron chi connectivity index (χ4n) is 3.15. The van der Waals surface area contributed by atoms with Gasteiger partial charge in [-0.3, -0.25) is 9.20 Å². The third kappa shape index (κ3) is 2.57. The summed E-state index contributed by atoms with van der Waals surface area (Å²) in [5, 5.41) is 0.501. The lowest BCUT2D eigenvalue weighted by molar-refractivity contribution is 0.0658. The zero-order valence-electron chi connectivity index (χ0n) is 14.0. The lowest BCUT2D eigenvalue weighted by Gasteiger charge is -2.32. The van der Waals surface area contributed by atoms with Gasteiger partial charge in [-0.25, -0.2) is 19.9 Å². The van der Waals surface area contributed by atoms with Crippen LogP contribution in [0.1, 0.15) is 35.0 Å². The van der Waals surface area contributed by atoms with Crippen molar-refractivity contribution in [1.82, 2.24) is 29.2 Å². The van der Waals surface area contributed by atoms with Gasteiger partial charge in [-0.15, -0.1) is 0 Å². The van der Waals surface area contributed by atoms with Crippen molar-refractivity contribution >= 4 is 34.8 Å². The van der Waals surface area contributed by atoms with Crippen molar-refractivity contribution in [3.05, 3.63) is 46.1 Å². The highest BCUT2D eigenvalue weighted by molar-refractivity contribution is 6.43. The summed E-state index contributed by atoms with van der Waals surface area (Å²) >= 11 is 12.2. The molecule has 0 radical (unpaired) electrons. The minimum Gasteiger partial charge on any atom is -0.494 e. The number of amides is 1. The Morgan fingerprint density at radius 2 is 2.00 bits per heavy atom. The molecule has 0 N–H and O–H groups in total. The number of halogens is 2. The molecule has 4 rings (SSSR count). The first-order valence-electron chi connectivity index (χ1n) is 7.89. The van der Waals surface area contributed by atoms with Crippen LogP contribution < -0.4 is 4.74 Å². The van der Waals surface area contributed by atoms with Gasteiger partial charge in [0.25, 0.3) is 5.91 Å². The minimum atomic E-state index is -0.256. The van der Waals surface area contributed by atoms with Crippen LogP contribution in [0.5, 0.6) is 5.75 Å². The van der Waals surface area contributed by atoms with Crippen LogP contribution in [0.25, 0.3) is 5.65 Å². The molecule has 0 bridgehead atoms. The number of fused-ring (bicyclic) bond motifs is 3. The van der Waals surface area contributed by atoms with Crippen LogP contribution in [-0.4, -0.2) is 48.8 Å². The second-order valence-corrected chi connectivity index (χ2v) is 6.59. The molecule has 0 saturated heterocycles. The highest BCUT2D eigenvalue weighted by Gasteiger charge is 2.33. The molecule has 1 unspecified atom stereocenters. The van der Waals surface area contributed by atoms with Gasteiger partial charge in [-0.05, 0) is 6.92 Å². The summed E-state index contributed by atoms with van der Waals surface area (Å²) < 4.78 is 6.81. The first-order chi connectivity index (χ1) is 12.5. The SMILES string of the molecule is COc1cnc(C(=O)N2CCc3nc4c(Cl)c(Cl)ncn4c3C2C)nc1. The topological polar surface area (TPSA) is 85.5 Å².